The van der Waals surface area contributed by atoms with Gasteiger partial charge in [0.1, 0.15) is 24.5 Å². The van der Waals surface area contributed by atoms with Gasteiger partial charge < -0.3 is 19.8 Å². The van der Waals surface area contributed by atoms with E-state index in [9.17, 15) is 14.4 Å². The number of hydrogen-bond donors (Lipinski definition) is 2. The second kappa shape index (κ2) is 8.25. The van der Waals surface area contributed by atoms with Gasteiger partial charge in [0.2, 0.25) is 5.91 Å². The number of furan rings is 1. The predicted molar refractivity (Wildman–Crippen MR) is 98.1 cm³/mol. The van der Waals surface area contributed by atoms with E-state index < -0.39 is 17.7 Å². The fourth-order valence-electron chi connectivity index (χ4n) is 3.88. The first-order chi connectivity index (χ1) is 12.9. The lowest BCUT2D eigenvalue weighted by Gasteiger charge is -2.31. The highest BCUT2D eigenvalue weighted by atomic mass is 16.5. The Hall–Kier alpha value is -2.15. The molecule has 0 bridgehead atoms. The quantitative estimate of drug-likeness (QED) is 0.793. The Morgan fingerprint density at radius 2 is 2.04 bits per heavy atom. The van der Waals surface area contributed by atoms with Crippen LogP contribution in [0.4, 0.5) is 0 Å². The maximum atomic E-state index is 13.0. The number of ether oxygens (including phenoxy) is 1. The van der Waals surface area contributed by atoms with Crippen molar-refractivity contribution in [2.45, 2.75) is 70.1 Å². The van der Waals surface area contributed by atoms with Crippen molar-refractivity contribution in [2.24, 2.45) is 5.92 Å². The Labute approximate surface area is 159 Å². The van der Waals surface area contributed by atoms with Gasteiger partial charge in [-0.2, -0.15) is 0 Å². The van der Waals surface area contributed by atoms with Gasteiger partial charge in [-0.3, -0.25) is 14.4 Å². The lowest BCUT2D eigenvalue weighted by molar-refractivity contribution is -0.131. The van der Waals surface area contributed by atoms with Gasteiger partial charge in [0.25, 0.3) is 5.91 Å². The van der Waals surface area contributed by atoms with Crippen molar-refractivity contribution in [3.05, 3.63) is 24.2 Å². The molecular formula is C20H28N2O5. The molecule has 2 fully saturated rings. The molecule has 3 atom stereocenters. The van der Waals surface area contributed by atoms with E-state index in [1.165, 1.54) is 18.9 Å². The van der Waals surface area contributed by atoms with E-state index in [1.807, 2.05) is 0 Å². The van der Waals surface area contributed by atoms with E-state index in [0.29, 0.717) is 17.9 Å². The van der Waals surface area contributed by atoms with Crippen molar-refractivity contribution < 1.29 is 23.5 Å². The summed E-state index contributed by atoms with van der Waals surface area (Å²) in [6.45, 7) is 3.44. The first kappa shape index (κ1) is 19.6. The number of amides is 2. The van der Waals surface area contributed by atoms with Gasteiger partial charge >= 0.3 is 0 Å². The molecule has 27 heavy (non-hydrogen) atoms. The fourth-order valence-corrected chi connectivity index (χ4v) is 3.88. The zero-order valence-electron chi connectivity index (χ0n) is 16.0. The summed E-state index contributed by atoms with van der Waals surface area (Å²) >= 11 is 0. The van der Waals surface area contributed by atoms with Crippen LogP contribution in [-0.2, 0) is 14.3 Å². The summed E-state index contributed by atoms with van der Waals surface area (Å²) in [6, 6.07) is 0.857. The van der Waals surface area contributed by atoms with Gasteiger partial charge in [0.05, 0.1) is 17.9 Å². The molecule has 148 valence electrons. The molecule has 1 saturated carbocycles. The molecule has 7 nitrogen and oxygen atoms in total. The van der Waals surface area contributed by atoms with Crippen LogP contribution in [-0.4, -0.2) is 41.9 Å². The molecule has 2 N–H and O–H groups in total. The topological polar surface area (TPSA) is 97.6 Å². The van der Waals surface area contributed by atoms with Crippen molar-refractivity contribution in [1.82, 2.24) is 10.6 Å². The van der Waals surface area contributed by atoms with Gasteiger partial charge in [-0.05, 0) is 32.3 Å². The van der Waals surface area contributed by atoms with Gasteiger partial charge in [0.15, 0.2) is 5.78 Å². The summed E-state index contributed by atoms with van der Waals surface area (Å²) < 4.78 is 10.3. The van der Waals surface area contributed by atoms with Crippen LogP contribution in [0.15, 0.2) is 23.0 Å². The van der Waals surface area contributed by atoms with Crippen molar-refractivity contribution in [3.8, 4) is 0 Å². The lowest BCUT2D eigenvalue weighted by Crippen LogP contribution is -2.60. The molecule has 1 aliphatic heterocycles. The molecule has 0 radical (unpaired) electrons. The predicted octanol–water partition coefficient (Wildman–Crippen LogP) is 2.21. The molecule has 2 amide bonds. The Bertz CT molecular complexity index is 681. The standard InChI is InChI=1S/C20H28N2O5/c1-13-20(2,17(23)12-27-13)22-19(25)16(10-14-6-4-3-5-7-14)21-18(24)15-8-9-26-11-15/h8-9,11,13-14,16H,3-7,10,12H2,1-2H3,(H,21,24)(H,22,25)/t13-,16?,20+/m0/s1. The molecule has 2 heterocycles. The number of Topliss-reactive ketones (excluding diaryl/α,β-unsaturated/α-hetero) is 1. The summed E-state index contributed by atoms with van der Waals surface area (Å²) in [7, 11) is 0. The number of carbonyl (C=O) groups excluding carboxylic acids is 3. The van der Waals surface area contributed by atoms with Crippen molar-refractivity contribution in [3.63, 3.8) is 0 Å². The average molecular weight is 376 g/mol. The third-order valence-electron chi connectivity index (χ3n) is 5.94. The van der Waals surface area contributed by atoms with E-state index in [1.54, 1.807) is 19.9 Å². The van der Waals surface area contributed by atoms with Crippen LogP contribution in [0.1, 0.15) is 62.7 Å². The van der Waals surface area contributed by atoms with E-state index in [4.69, 9.17) is 9.15 Å². The molecule has 1 aliphatic carbocycles. The third-order valence-corrected chi connectivity index (χ3v) is 5.94. The SMILES string of the molecule is C[C@@H]1OCC(=O)[C@]1(C)NC(=O)C(CC1CCCCC1)NC(=O)c1ccoc1. The normalized spacial score (nSPS) is 27.3. The van der Waals surface area contributed by atoms with E-state index in [0.717, 1.165) is 25.7 Å². The highest BCUT2D eigenvalue weighted by Crippen LogP contribution is 2.28. The van der Waals surface area contributed by atoms with Gasteiger partial charge in [-0.25, -0.2) is 0 Å². The first-order valence-corrected chi connectivity index (χ1v) is 9.70. The Kier molecular flexibility index (Phi) is 5.99. The first-order valence-electron chi connectivity index (χ1n) is 9.70. The van der Waals surface area contributed by atoms with Crippen LogP contribution in [0.2, 0.25) is 0 Å². The monoisotopic (exact) mass is 376 g/mol. The largest absolute Gasteiger partial charge is 0.472 e. The van der Waals surface area contributed by atoms with Crippen molar-refractivity contribution >= 4 is 17.6 Å². The summed E-state index contributed by atoms with van der Waals surface area (Å²) in [6.07, 6.45) is 8.55. The van der Waals surface area contributed by atoms with E-state index in [2.05, 4.69) is 10.6 Å². The number of carbonyl (C=O) groups is 3. The zero-order chi connectivity index (χ0) is 19.4. The fraction of sp³-hybridized carbons (Fsp3) is 0.650. The zero-order valence-corrected chi connectivity index (χ0v) is 16.0. The molecule has 1 saturated heterocycles. The Morgan fingerprint density at radius 3 is 2.63 bits per heavy atom. The Morgan fingerprint density at radius 1 is 1.30 bits per heavy atom. The van der Waals surface area contributed by atoms with E-state index in [-0.39, 0.29) is 24.2 Å². The second-order valence-electron chi connectivity index (χ2n) is 7.85. The maximum Gasteiger partial charge on any atom is 0.255 e. The van der Waals surface area contributed by atoms with Gasteiger partial charge in [0, 0.05) is 0 Å². The van der Waals surface area contributed by atoms with Crippen LogP contribution in [0, 0.1) is 5.92 Å². The molecule has 1 aromatic heterocycles. The smallest absolute Gasteiger partial charge is 0.255 e. The van der Waals surface area contributed by atoms with Crippen LogP contribution in [0.3, 0.4) is 0 Å². The molecule has 7 heteroatoms. The molecule has 1 aromatic rings. The van der Waals surface area contributed by atoms with Crippen LogP contribution in [0.25, 0.3) is 0 Å². The number of nitrogens with one attached hydrogen (secondary N) is 2. The third kappa shape index (κ3) is 4.40. The minimum Gasteiger partial charge on any atom is -0.472 e. The van der Waals surface area contributed by atoms with Crippen LogP contribution < -0.4 is 10.6 Å². The molecule has 2 aliphatic rings. The van der Waals surface area contributed by atoms with Gasteiger partial charge in [-0.1, -0.05) is 32.1 Å². The average Bonchev–Trinajstić information content (AvgIpc) is 3.27. The molecule has 1 unspecified atom stereocenters. The van der Waals surface area contributed by atoms with E-state index >= 15 is 0 Å². The molecule has 3 rings (SSSR count). The summed E-state index contributed by atoms with van der Waals surface area (Å²) in [5, 5.41) is 5.67. The number of hydrogen-bond acceptors (Lipinski definition) is 5. The van der Waals surface area contributed by atoms with Crippen LogP contribution >= 0.6 is 0 Å². The highest BCUT2D eigenvalue weighted by molar-refractivity contribution is 6.00. The number of ketones is 1. The number of rotatable bonds is 6. The van der Waals surface area contributed by atoms with Crippen molar-refractivity contribution in [1.29, 1.82) is 0 Å². The summed E-state index contributed by atoms with van der Waals surface area (Å²) in [4.78, 5) is 37.7. The molecule has 0 aromatic carbocycles. The van der Waals surface area contributed by atoms with Crippen molar-refractivity contribution in [2.75, 3.05) is 6.61 Å². The van der Waals surface area contributed by atoms with Gasteiger partial charge in [-0.15, -0.1) is 0 Å². The Balaban J connectivity index is 1.72. The lowest BCUT2D eigenvalue weighted by atomic mass is 9.84. The minimum absolute atomic E-state index is 0.00732. The maximum absolute atomic E-state index is 13.0. The highest BCUT2D eigenvalue weighted by Gasteiger charge is 2.47. The summed E-state index contributed by atoms with van der Waals surface area (Å²) in [5.41, 5.74) is -0.696. The minimum atomic E-state index is -1.07. The van der Waals surface area contributed by atoms with Crippen LogP contribution in [0.5, 0.6) is 0 Å². The second-order valence-corrected chi connectivity index (χ2v) is 7.85. The summed E-state index contributed by atoms with van der Waals surface area (Å²) in [5.74, 6) is -0.460. The molecule has 0 spiro atoms. The molecular weight excluding hydrogens is 348 g/mol.